The molecule has 3 heteroatoms. The lowest BCUT2D eigenvalue weighted by Gasteiger charge is -2.21. The number of hydrogen-bond acceptors (Lipinski definition) is 3. The molecule has 0 unspecified atom stereocenters. The summed E-state index contributed by atoms with van der Waals surface area (Å²) in [6, 6.07) is 1.53. The van der Waals surface area contributed by atoms with E-state index >= 15 is 0 Å². The molecule has 0 radical (unpaired) electrons. The van der Waals surface area contributed by atoms with E-state index in [0.717, 1.165) is 25.7 Å². The lowest BCUT2D eigenvalue weighted by Crippen LogP contribution is -2.15. The fraction of sp³-hybridized carbons (Fsp3) is 0.583. The molecule has 82 valence electrons. The summed E-state index contributed by atoms with van der Waals surface area (Å²) in [7, 11) is 0. The number of rotatable bonds is 1. The van der Waals surface area contributed by atoms with Crippen LogP contribution in [0, 0.1) is 6.92 Å². The van der Waals surface area contributed by atoms with Crippen molar-refractivity contribution in [2.75, 3.05) is 0 Å². The monoisotopic (exact) mass is 208 g/mol. The molecule has 1 heterocycles. The molecule has 0 aromatic carbocycles. The predicted octanol–water partition coefficient (Wildman–Crippen LogP) is 2.70. The molecule has 0 bridgehead atoms. The van der Waals surface area contributed by atoms with Gasteiger partial charge < -0.3 is 9.52 Å². The molecule has 0 atom stereocenters. The zero-order valence-electron chi connectivity index (χ0n) is 8.95. The molecule has 1 aliphatic rings. The Morgan fingerprint density at radius 3 is 2.60 bits per heavy atom. The van der Waals surface area contributed by atoms with E-state index in [2.05, 4.69) is 0 Å². The Morgan fingerprint density at radius 1 is 1.33 bits per heavy atom. The van der Waals surface area contributed by atoms with Gasteiger partial charge in [0.1, 0.15) is 11.5 Å². The average Bonchev–Trinajstić information content (AvgIpc) is 2.17. The molecule has 1 saturated carbocycles. The van der Waals surface area contributed by atoms with Gasteiger partial charge in [-0.1, -0.05) is 19.3 Å². The number of aromatic hydroxyl groups is 1. The molecule has 1 fully saturated rings. The van der Waals surface area contributed by atoms with Gasteiger partial charge in [-0.15, -0.1) is 0 Å². The third-order valence-corrected chi connectivity index (χ3v) is 3.10. The Balaban J connectivity index is 2.38. The van der Waals surface area contributed by atoms with Crippen LogP contribution in [0.1, 0.15) is 49.3 Å². The molecule has 15 heavy (non-hydrogen) atoms. The summed E-state index contributed by atoms with van der Waals surface area (Å²) >= 11 is 0. The van der Waals surface area contributed by atoms with Gasteiger partial charge in [-0.2, -0.15) is 0 Å². The van der Waals surface area contributed by atoms with Crippen LogP contribution in [0.15, 0.2) is 15.3 Å². The maximum Gasteiger partial charge on any atom is 0.343 e. The maximum absolute atomic E-state index is 11.6. The van der Waals surface area contributed by atoms with Gasteiger partial charge in [-0.3, -0.25) is 0 Å². The zero-order chi connectivity index (χ0) is 10.8. The van der Waals surface area contributed by atoms with Crippen LogP contribution in [-0.2, 0) is 0 Å². The van der Waals surface area contributed by atoms with Gasteiger partial charge >= 0.3 is 5.63 Å². The van der Waals surface area contributed by atoms with Crippen molar-refractivity contribution in [3.63, 3.8) is 0 Å². The lowest BCUT2D eigenvalue weighted by molar-refractivity contribution is 0.380. The topological polar surface area (TPSA) is 50.4 Å². The first-order chi connectivity index (χ1) is 7.18. The normalized spacial score (nSPS) is 17.9. The summed E-state index contributed by atoms with van der Waals surface area (Å²) in [6.45, 7) is 1.67. The highest BCUT2D eigenvalue weighted by Gasteiger charge is 2.22. The fourth-order valence-electron chi connectivity index (χ4n) is 2.37. The molecule has 0 saturated heterocycles. The van der Waals surface area contributed by atoms with Gasteiger partial charge in [0, 0.05) is 6.07 Å². The van der Waals surface area contributed by atoms with Gasteiger partial charge in [0.2, 0.25) is 0 Å². The molecule has 1 aromatic rings. The van der Waals surface area contributed by atoms with Crippen LogP contribution >= 0.6 is 0 Å². The van der Waals surface area contributed by atoms with Crippen LogP contribution in [-0.4, -0.2) is 5.11 Å². The van der Waals surface area contributed by atoms with E-state index in [9.17, 15) is 9.90 Å². The van der Waals surface area contributed by atoms with Crippen molar-refractivity contribution in [1.82, 2.24) is 0 Å². The van der Waals surface area contributed by atoms with Crippen molar-refractivity contribution in [1.29, 1.82) is 0 Å². The molecule has 1 aliphatic carbocycles. The van der Waals surface area contributed by atoms with Gasteiger partial charge in [0.05, 0.1) is 5.56 Å². The Labute approximate surface area is 88.7 Å². The minimum absolute atomic E-state index is 0.107. The van der Waals surface area contributed by atoms with Crippen LogP contribution < -0.4 is 5.63 Å². The molecule has 0 aliphatic heterocycles. The van der Waals surface area contributed by atoms with Gasteiger partial charge in [0.25, 0.3) is 0 Å². The molecular formula is C12H16O3. The maximum atomic E-state index is 11.6. The number of hydrogen-bond donors (Lipinski definition) is 1. The van der Waals surface area contributed by atoms with E-state index in [0.29, 0.717) is 11.3 Å². The lowest BCUT2D eigenvalue weighted by atomic mass is 9.84. The minimum Gasteiger partial charge on any atom is -0.507 e. The molecule has 1 N–H and O–H groups in total. The predicted molar refractivity (Wildman–Crippen MR) is 57.2 cm³/mol. The SMILES string of the molecule is Cc1cc(O)c(C2CCCCC2)c(=O)o1. The highest BCUT2D eigenvalue weighted by atomic mass is 16.4. The third-order valence-electron chi connectivity index (χ3n) is 3.10. The summed E-state index contributed by atoms with van der Waals surface area (Å²) in [6.07, 6.45) is 5.48. The van der Waals surface area contributed by atoms with Crippen molar-refractivity contribution in [2.24, 2.45) is 0 Å². The minimum atomic E-state index is -0.362. The first-order valence-corrected chi connectivity index (χ1v) is 5.52. The molecule has 2 rings (SSSR count). The van der Waals surface area contributed by atoms with E-state index in [1.54, 1.807) is 6.92 Å². The van der Waals surface area contributed by atoms with E-state index in [-0.39, 0.29) is 17.3 Å². The molecular weight excluding hydrogens is 192 g/mol. The van der Waals surface area contributed by atoms with Gasteiger partial charge in [-0.05, 0) is 25.7 Å². The van der Waals surface area contributed by atoms with Crippen LogP contribution in [0.3, 0.4) is 0 Å². The first kappa shape index (κ1) is 10.3. The van der Waals surface area contributed by atoms with Crippen LogP contribution in [0.25, 0.3) is 0 Å². The second-order valence-electron chi connectivity index (χ2n) is 4.28. The second kappa shape index (κ2) is 4.09. The van der Waals surface area contributed by atoms with Crippen LogP contribution in [0.5, 0.6) is 5.75 Å². The molecule has 0 amide bonds. The molecule has 3 nitrogen and oxygen atoms in total. The van der Waals surface area contributed by atoms with Gasteiger partial charge in [-0.25, -0.2) is 4.79 Å². The van der Waals surface area contributed by atoms with E-state index in [1.165, 1.54) is 12.5 Å². The Bertz CT molecular complexity index is 400. The average molecular weight is 208 g/mol. The number of aryl methyl sites for hydroxylation is 1. The quantitative estimate of drug-likeness (QED) is 0.772. The van der Waals surface area contributed by atoms with Crippen molar-refractivity contribution in [3.05, 3.63) is 27.8 Å². The van der Waals surface area contributed by atoms with Crippen molar-refractivity contribution >= 4 is 0 Å². The van der Waals surface area contributed by atoms with Gasteiger partial charge in [0.15, 0.2) is 0 Å². The molecule has 0 spiro atoms. The summed E-state index contributed by atoms with van der Waals surface area (Å²) < 4.78 is 5.03. The summed E-state index contributed by atoms with van der Waals surface area (Å²) in [5.41, 5.74) is 0.125. The second-order valence-corrected chi connectivity index (χ2v) is 4.28. The fourth-order valence-corrected chi connectivity index (χ4v) is 2.37. The smallest absolute Gasteiger partial charge is 0.343 e. The van der Waals surface area contributed by atoms with Crippen molar-refractivity contribution in [2.45, 2.75) is 44.9 Å². The standard InChI is InChI=1S/C12H16O3/c1-8-7-10(13)11(12(14)15-8)9-5-3-2-4-6-9/h7,9,13H,2-6H2,1H3. The third kappa shape index (κ3) is 2.06. The highest BCUT2D eigenvalue weighted by molar-refractivity contribution is 5.33. The van der Waals surface area contributed by atoms with E-state index in [1.807, 2.05) is 0 Å². The van der Waals surface area contributed by atoms with Crippen LogP contribution in [0.2, 0.25) is 0 Å². The van der Waals surface area contributed by atoms with Crippen molar-refractivity contribution in [3.8, 4) is 5.75 Å². The van der Waals surface area contributed by atoms with E-state index < -0.39 is 0 Å². The summed E-state index contributed by atoms with van der Waals surface area (Å²) in [5.74, 6) is 0.767. The first-order valence-electron chi connectivity index (χ1n) is 5.52. The zero-order valence-corrected chi connectivity index (χ0v) is 8.95. The van der Waals surface area contributed by atoms with Crippen molar-refractivity contribution < 1.29 is 9.52 Å². The summed E-state index contributed by atoms with van der Waals surface area (Å²) in [4.78, 5) is 11.6. The Kier molecular flexibility index (Phi) is 2.80. The molecule has 1 aromatic heterocycles. The van der Waals surface area contributed by atoms with E-state index in [4.69, 9.17) is 4.42 Å². The van der Waals surface area contributed by atoms with Crippen LogP contribution in [0.4, 0.5) is 0 Å². The Hall–Kier alpha value is -1.25. The summed E-state index contributed by atoms with van der Waals surface area (Å²) in [5, 5.41) is 9.76. The largest absolute Gasteiger partial charge is 0.507 e. The highest BCUT2D eigenvalue weighted by Crippen LogP contribution is 2.35. The Morgan fingerprint density at radius 2 is 2.00 bits per heavy atom.